The quantitative estimate of drug-likeness (QED) is 0.786. The lowest BCUT2D eigenvalue weighted by molar-refractivity contribution is -0.123. The molecule has 26 heavy (non-hydrogen) atoms. The monoisotopic (exact) mass is 415 g/mol. The van der Waals surface area contributed by atoms with Crippen molar-refractivity contribution in [2.45, 2.75) is 25.8 Å². The minimum atomic E-state index is -0.252. The molecule has 0 radical (unpaired) electrons. The average Bonchev–Trinajstić information content (AvgIpc) is 2.64. The lowest BCUT2D eigenvalue weighted by Crippen LogP contribution is -2.45. The Kier molecular flexibility index (Phi) is 5.93. The Morgan fingerprint density at radius 2 is 1.85 bits per heavy atom. The van der Waals surface area contributed by atoms with Gasteiger partial charge in [0.2, 0.25) is 11.8 Å². The third-order valence-electron chi connectivity index (χ3n) is 4.57. The molecule has 1 atom stereocenters. The summed E-state index contributed by atoms with van der Waals surface area (Å²) < 4.78 is 0.804. The number of nitrogens with one attached hydrogen (secondary N) is 2. The van der Waals surface area contributed by atoms with Gasteiger partial charge in [-0.25, -0.2) is 0 Å². The molecule has 0 spiro atoms. The van der Waals surface area contributed by atoms with E-state index in [2.05, 4.69) is 50.5 Å². The molecule has 6 heteroatoms. The molecular formula is C20H22BrN3O2. The molecule has 2 aromatic carbocycles. The average molecular weight is 416 g/mol. The van der Waals surface area contributed by atoms with Crippen molar-refractivity contribution >= 4 is 39.1 Å². The van der Waals surface area contributed by atoms with Gasteiger partial charge in [0.25, 0.3) is 0 Å². The van der Waals surface area contributed by atoms with Crippen LogP contribution in [0, 0.1) is 0 Å². The molecule has 1 aliphatic rings. The molecular weight excluding hydrogens is 394 g/mol. The van der Waals surface area contributed by atoms with Crippen molar-refractivity contribution in [3.8, 4) is 0 Å². The molecule has 2 N–H and O–H groups in total. The summed E-state index contributed by atoms with van der Waals surface area (Å²) in [5.74, 6) is -0.409. The third kappa shape index (κ3) is 4.43. The highest BCUT2D eigenvalue weighted by Crippen LogP contribution is 2.29. The molecule has 2 aromatic rings. The van der Waals surface area contributed by atoms with E-state index in [1.807, 2.05) is 30.3 Å². The van der Waals surface area contributed by atoms with E-state index in [0.717, 1.165) is 23.0 Å². The Hall–Kier alpha value is -2.34. The largest absolute Gasteiger partial charge is 0.359 e. The van der Waals surface area contributed by atoms with Crippen LogP contribution in [0.2, 0.25) is 0 Å². The molecule has 0 saturated heterocycles. The number of carbonyl (C=O) groups is 2. The van der Waals surface area contributed by atoms with Gasteiger partial charge in [-0.2, -0.15) is 0 Å². The van der Waals surface area contributed by atoms with Crippen molar-refractivity contribution in [3.63, 3.8) is 0 Å². The molecule has 0 aliphatic carbocycles. The summed E-state index contributed by atoms with van der Waals surface area (Å²) in [5, 5.41) is 5.49. The third-order valence-corrected chi connectivity index (χ3v) is 5.26. The Balaban J connectivity index is 1.54. The highest BCUT2D eigenvalue weighted by atomic mass is 79.9. The fraction of sp³-hybridized carbons (Fsp3) is 0.300. The molecule has 1 heterocycles. The van der Waals surface area contributed by atoms with Crippen LogP contribution in [-0.2, 0) is 16.0 Å². The molecule has 1 unspecified atom stereocenters. The van der Waals surface area contributed by atoms with Crippen molar-refractivity contribution in [3.05, 3.63) is 58.6 Å². The van der Waals surface area contributed by atoms with E-state index in [9.17, 15) is 9.59 Å². The number of nitrogens with zero attached hydrogens (tertiary/aromatic N) is 1. The fourth-order valence-corrected chi connectivity index (χ4v) is 3.53. The number of para-hydroxylation sites is 2. The Labute approximate surface area is 161 Å². The lowest BCUT2D eigenvalue weighted by atomic mass is 9.97. The van der Waals surface area contributed by atoms with Gasteiger partial charge in [0, 0.05) is 16.2 Å². The Morgan fingerprint density at radius 1 is 1.12 bits per heavy atom. The highest BCUT2D eigenvalue weighted by molar-refractivity contribution is 9.10. The van der Waals surface area contributed by atoms with Crippen molar-refractivity contribution in [1.29, 1.82) is 0 Å². The van der Waals surface area contributed by atoms with Crippen LogP contribution in [0.25, 0.3) is 0 Å². The number of anilines is 2. The van der Waals surface area contributed by atoms with Crippen LogP contribution in [0.3, 0.4) is 0 Å². The van der Waals surface area contributed by atoms with Crippen molar-refractivity contribution in [2.75, 3.05) is 23.3 Å². The first-order chi connectivity index (χ1) is 12.5. The van der Waals surface area contributed by atoms with Gasteiger partial charge < -0.3 is 15.5 Å². The number of aryl methyl sites for hydroxylation is 1. The van der Waals surface area contributed by atoms with E-state index in [4.69, 9.17) is 0 Å². The number of benzene rings is 2. The van der Waals surface area contributed by atoms with Crippen LogP contribution in [0.5, 0.6) is 0 Å². The zero-order valence-corrected chi connectivity index (χ0v) is 16.3. The first-order valence-corrected chi connectivity index (χ1v) is 9.49. The first-order valence-electron chi connectivity index (χ1n) is 8.70. The van der Waals surface area contributed by atoms with Crippen molar-refractivity contribution in [1.82, 2.24) is 5.32 Å². The van der Waals surface area contributed by atoms with Gasteiger partial charge in [-0.1, -0.05) is 30.3 Å². The number of hydrogen-bond acceptors (Lipinski definition) is 3. The second kappa shape index (κ2) is 8.36. The highest BCUT2D eigenvalue weighted by Gasteiger charge is 2.24. The number of amides is 2. The van der Waals surface area contributed by atoms with Gasteiger partial charge in [-0.15, -0.1) is 0 Å². The number of hydrogen-bond donors (Lipinski definition) is 2. The minimum absolute atomic E-state index is 0.0516. The predicted octanol–water partition coefficient (Wildman–Crippen LogP) is 3.35. The number of halogens is 1. The molecule has 136 valence electrons. The number of rotatable bonds is 5. The van der Waals surface area contributed by atoms with E-state index >= 15 is 0 Å². The van der Waals surface area contributed by atoms with Gasteiger partial charge in [-0.05, 0) is 59.5 Å². The zero-order valence-electron chi connectivity index (χ0n) is 14.7. The van der Waals surface area contributed by atoms with Gasteiger partial charge in [0.05, 0.1) is 18.8 Å². The summed E-state index contributed by atoms with van der Waals surface area (Å²) in [6.45, 7) is 2.33. The molecule has 0 bridgehead atoms. The first kappa shape index (κ1) is 18.5. The summed E-state index contributed by atoms with van der Waals surface area (Å²) in [6.07, 6.45) is 2.05. The fourth-order valence-electron chi connectivity index (χ4n) is 3.15. The zero-order chi connectivity index (χ0) is 18.5. The van der Waals surface area contributed by atoms with E-state index < -0.39 is 0 Å². The standard InChI is InChI=1S/C20H22BrN3O2/c1-14-10-11-15-6-2-5-9-18(15)24(14)13-20(26)22-12-19(25)23-17-8-4-3-7-16(17)21/h2-9,14H,10-13H2,1H3,(H,22,26)(H,23,25). The van der Waals surface area contributed by atoms with Crippen LogP contribution >= 0.6 is 15.9 Å². The maximum absolute atomic E-state index is 12.3. The molecule has 0 aromatic heterocycles. The second-order valence-electron chi connectivity index (χ2n) is 6.45. The Bertz CT molecular complexity index is 809. The van der Waals surface area contributed by atoms with Gasteiger partial charge in [-0.3, -0.25) is 9.59 Å². The lowest BCUT2D eigenvalue weighted by Gasteiger charge is -2.36. The molecule has 5 nitrogen and oxygen atoms in total. The topological polar surface area (TPSA) is 61.4 Å². The van der Waals surface area contributed by atoms with Gasteiger partial charge in [0.1, 0.15) is 0 Å². The van der Waals surface area contributed by atoms with Crippen LogP contribution in [0.4, 0.5) is 11.4 Å². The maximum Gasteiger partial charge on any atom is 0.243 e. The second-order valence-corrected chi connectivity index (χ2v) is 7.30. The predicted molar refractivity (Wildman–Crippen MR) is 107 cm³/mol. The summed E-state index contributed by atoms with van der Waals surface area (Å²) in [5.41, 5.74) is 3.06. The van der Waals surface area contributed by atoms with E-state index in [0.29, 0.717) is 11.7 Å². The van der Waals surface area contributed by atoms with Crippen LogP contribution in [0.1, 0.15) is 18.9 Å². The van der Waals surface area contributed by atoms with Crippen LogP contribution in [0.15, 0.2) is 53.0 Å². The minimum Gasteiger partial charge on any atom is -0.359 e. The smallest absolute Gasteiger partial charge is 0.243 e. The molecule has 0 fully saturated rings. The van der Waals surface area contributed by atoms with Crippen LogP contribution in [-0.4, -0.2) is 30.9 Å². The van der Waals surface area contributed by atoms with E-state index in [-0.39, 0.29) is 24.9 Å². The van der Waals surface area contributed by atoms with E-state index in [1.165, 1.54) is 5.56 Å². The normalized spacial score (nSPS) is 15.9. The maximum atomic E-state index is 12.3. The summed E-state index contributed by atoms with van der Waals surface area (Å²) in [4.78, 5) is 26.5. The summed E-state index contributed by atoms with van der Waals surface area (Å²) >= 11 is 3.38. The van der Waals surface area contributed by atoms with Crippen molar-refractivity contribution < 1.29 is 9.59 Å². The summed E-state index contributed by atoms with van der Waals surface area (Å²) in [7, 11) is 0. The molecule has 0 saturated carbocycles. The number of carbonyl (C=O) groups excluding carboxylic acids is 2. The van der Waals surface area contributed by atoms with Gasteiger partial charge >= 0.3 is 0 Å². The molecule has 2 amide bonds. The van der Waals surface area contributed by atoms with Crippen molar-refractivity contribution in [2.24, 2.45) is 0 Å². The molecule has 1 aliphatic heterocycles. The van der Waals surface area contributed by atoms with E-state index in [1.54, 1.807) is 6.07 Å². The number of fused-ring (bicyclic) bond motifs is 1. The molecule has 3 rings (SSSR count). The summed E-state index contributed by atoms with van der Waals surface area (Å²) in [6, 6.07) is 15.8. The Morgan fingerprint density at radius 3 is 2.65 bits per heavy atom. The van der Waals surface area contributed by atoms with Gasteiger partial charge in [0.15, 0.2) is 0 Å². The van der Waals surface area contributed by atoms with Crippen LogP contribution < -0.4 is 15.5 Å². The SMILES string of the molecule is CC1CCc2ccccc2N1CC(=O)NCC(=O)Nc1ccccc1Br.